The molecule has 0 spiro atoms. The predicted molar refractivity (Wildman–Crippen MR) is 85.9 cm³/mol. The van der Waals surface area contributed by atoms with Crippen LogP contribution in [-0.2, 0) is 6.18 Å². The molecule has 0 saturated heterocycles. The van der Waals surface area contributed by atoms with Crippen molar-refractivity contribution in [1.82, 2.24) is 4.98 Å². The number of hydrogen-bond acceptors (Lipinski definition) is 3. The van der Waals surface area contributed by atoms with Crippen molar-refractivity contribution in [3.05, 3.63) is 46.6 Å². The predicted octanol–water partition coefficient (Wildman–Crippen LogP) is 6.03. The van der Waals surface area contributed by atoms with Crippen LogP contribution in [-0.4, -0.2) is 11.6 Å². The SMILES string of the molecule is CCCCOc1ccc(C)c(Oc2ncc(C(F)(F)F)cc2Cl)c1. The third-order valence-corrected chi connectivity index (χ3v) is 3.54. The van der Waals surface area contributed by atoms with Gasteiger partial charge in [-0.25, -0.2) is 4.98 Å². The fraction of sp³-hybridized carbons (Fsp3) is 0.353. The standard InChI is InChI=1S/C17H17ClF3NO2/c1-3-4-7-23-13-6-5-11(2)15(9-13)24-16-14(18)8-12(10-22-16)17(19,20)21/h5-6,8-10H,3-4,7H2,1-2H3. The molecule has 0 saturated carbocycles. The zero-order valence-corrected chi connectivity index (χ0v) is 14.0. The van der Waals surface area contributed by atoms with Gasteiger partial charge in [0.2, 0.25) is 5.88 Å². The molecule has 0 aliphatic heterocycles. The number of aryl methyl sites for hydroxylation is 1. The average molecular weight is 360 g/mol. The molecule has 130 valence electrons. The topological polar surface area (TPSA) is 31.4 Å². The fourth-order valence-electron chi connectivity index (χ4n) is 1.87. The van der Waals surface area contributed by atoms with Crippen molar-refractivity contribution in [1.29, 1.82) is 0 Å². The molecule has 2 aromatic rings. The summed E-state index contributed by atoms with van der Waals surface area (Å²) in [6.45, 7) is 4.45. The maximum atomic E-state index is 12.6. The Hall–Kier alpha value is -1.95. The van der Waals surface area contributed by atoms with Crippen LogP contribution in [0, 0.1) is 6.92 Å². The van der Waals surface area contributed by atoms with Gasteiger partial charge in [0.05, 0.1) is 12.2 Å². The number of unbranched alkanes of at least 4 members (excludes halogenated alkanes) is 1. The molecule has 1 heterocycles. The van der Waals surface area contributed by atoms with Crippen LogP contribution in [0.15, 0.2) is 30.5 Å². The van der Waals surface area contributed by atoms with Crippen molar-refractivity contribution in [2.24, 2.45) is 0 Å². The Morgan fingerprint density at radius 2 is 1.96 bits per heavy atom. The fourth-order valence-corrected chi connectivity index (χ4v) is 2.08. The van der Waals surface area contributed by atoms with E-state index in [1.807, 2.05) is 6.92 Å². The molecule has 24 heavy (non-hydrogen) atoms. The van der Waals surface area contributed by atoms with Gasteiger partial charge in [0.15, 0.2) is 0 Å². The van der Waals surface area contributed by atoms with Gasteiger partial charge in [0.25, 0.3) is 0 Å². The first-order chi connectivity index (χ1) is 11.3. The lowest BCUT2D eigenvalue weighted by Crippen LogP contribution is -2.06. The summed E-state index contributed by atoms with van der Waals surface area (Å²) in [7, 11) is 0. The number of alkyl halides is 3. The molecule has 1 aromatic heterocycles. The molecule has 0 N–H and O–H groups in total. The number of benzene rings is 1. The zero-order valence-electron chi connectivity index (χ0n) is 13.3. The second-order valence-corrected chi connectivity index (χ2v) is 5.65. The Morgan fingerprint density at radius 3 is 2.58 bits per heavy atom. The normalized spacial score (nSPS) is 11.4. The van der Waals surface area contributed by atoms with Crippen LogP contribution in [0.25, 0.3) is 0 Å². The third-order valence-electron chi connectivity index (χ3n) is 3.27. The summed E-state index contributed by atoms with van der Waals surface area (Å²) < 4.78 is 49.1. The van der Waals surface area contributed by atoms with Gasteiger partial charge in [-0.1, -0.05) is 31.0 Å². The molecule has 0 unspecified atom stereocenters. The van der Waals surface area contributed by atoms with Crippen molar-refractivity contribution in [2.75, 3.05) is 6.61 Å². The number of aromatic nitrogens is 1. The third kappa shape index (κ3) is 4.77. The van der Waals surface area contributed by atoms with Crippen LogP contribution < -0.4 is 9.47 Å². The van der Waals surface area contributed by atoms with Gasteiger partial charge < -0.3 is 9.47 Å². The van der Waals surface area contributed by atoms with Crippen molar-refractivity contribution in [3.8, 4) is 17.4 Å². The zero-order chi connectivity index (χ0) is 17.7. The van der Waals surface area contributed by atoms with Crippen LogP contribution in [0.5, 0.6) is 17.4 Å². The average Bonchev–Trinajstić information content (AvgIpc) is 2.51. The highest BCUT2D eigenvalue weighted by Crippen LogP contribution is 2.36. The smallest absolute Gasteiger partial charge is 0.417 e. The minimum atomic E-state index is -4.50. The molecule has 1 aromatic carbocycles. The molecule has 0 atom stereocenters. The molecule has 2 rings (SSSR count). The first-order valence-corrected chi connectivity index (χ1v) is 7.83. The molecule has 3 nitrogen and oxygen atoms in total. The van der Waals surface area contributed by atoms with E-state index in [9.17, 15) is 13.2 Å². The van der Waals surface area contributed by atoms with E-state index < -0.39 is 11.7 Å². The molecule has 0 radical (unpaired) electrons. The van der Waals surface area contributed by atoms with E-state index in [2.05, 4.69) is 11.9 Å². The van der Waals surface area contributed by atoms with E-state index in [1.165, 1.54) is 0 Å². The number of rotatable bonds is 6. The molecular weight excluding hydrogens is 343 g/mol. The molecule has 0 amide bonds. The number of nitrogens with zero attached hydrogens (tertiary/aromatic N) is 1. The van der Waals surface area contributed by atoms with Gasteiger partial charge in [-0.3, -0.25) is 0 Å². The summed E-state index contributed by atoms with van der Waals surface area (Å²) in [4.78, 5) is 3.67. The first kappa shape index (κ1) is 18.4. The molecular formula is C17H17ClF3NO2. The van der Waals surface area contributed by atoms with E-state index in [0.717, 1.165) is 24.5 Å². The van der Waals surface area contributed by atoms with Crippen molar-refractivity contribution < 1.29 is 22.6 Å². The molecule has 0 aliphatic carbocycles. The van der Waals surface area contributed by atoms with Gasteiger partial charge in [-0.05, 0) is 31.0 Å². The maximum Gasteiger partial charge on any atom is 0.417 e. The summed E-state index contributed by atoms with van der Waals surface area (Å²) >= 11 is 5.86. The lowest BCUT2D eigenvalue weighted by molar-refractivity contribution is -0.137. The van der Waals surface area contributed by atoms with Crippen LogP contribution in [0.3, 0.4) is 0 Å². The van der Waals surface area contributed by atoms with E-state index in [0.29, 0.717) is 24.3 Å². The van der Waals surface area contributed by atoms with Crippen LogP contribution >= 0.6 is 11.6 Å². The van der Waals surface area contributed by atoms with Gasteiger partial charge in [-0.15, -0.1) is 0 Å². The summed E-state index contributed by atoms with van der Waals surface area (Å²) in [5.74, 6) is 0.962. The second kappa shape index (κ2) is 7.75. The lowest BCUT2D eigenvalue weighted by atomic mass is 10.2. The Morgan fingerprint density at radius 1 is 1.21 bits per heavy atom. The van der Waals surface area contributed by atoms with Crippen molar-refractivity contribution in [3.63, 3.8) is 0 Å². The van der Waals surface area contributed by atoms with Gasteiger partial charge in [0, 0.05) is 12.3 Å². The van der Waals surface area contributed by atoms with Gasteiger partial charge >= 0.3 is 6.18 Å². The highest BCUT2D eigenvalue weighted by atomic mass is 35.5. The molecule has 0 bridgehead atoms. The quantitative estimate of drug-likeness (QED) is 0.590. The monoisotopic (exact) mass is 359 g/mol. The Labute approximate surface area is 143 Å². The van der Waals surface area contributed by atoms with Crippen LogP contribution in [0.2, 0.25) is 5.02 Å². The Bertz CT molecular complexity index is 705. The van der Waals surface area contributed by atoms with E-state index >= 15 is 0 Å². The number of halogens is 4. The second-order valence-electron chi connectivity index (χ2n) is 5.24. The van der Waals surface area contributed by atoms with E-state index in [1.54, 1.807) is 18.2 Å². The van der Waals surface area contributed by atoms with Gasteiger partial charge in [-0.2, -0.15) is 13.2 Å². The van der Waals surface area contributed by atoms with Crippen molar-refractivity contribution in [2.45, 2.75) is 32.9 Å². The molecule has 7 heteroatoms. The molecule has 0 aliphatic rings. The summed E-state index contributed by atoms with van der Waals surface area (Å²) in [6, 6.07) is 6.07. The van der Waals surface area contributed by atoms with Crippen molar-refractivity contribution >= 4 is 11.6 Å². The highest BCUT2D eigenvalue weighted by molar-refractivity contribution is 6.31. The Kier molecular flexibility index (Phi) is 5.94. The van der Waals surface area contributed by atoms with E-state index in [4.69, 9.17) is 21.1 Å². The summed E-state index contributed by atoms with van der Waals surface area (Å²) in [6.07, 6.45) is -1.87. The van der Waals surface area contributed by atoms with Gasteiger partial charge in [0.1, 0.15) is 16.5 Å². The minimum absolute atomic E-state index is 0.0847. The number of hydrogen-bond donors (Lipinski definition) is 0. The summed E-state index contributed by atoms with van der Waals surface area (Å²) in [5, 5.41) is -0.207. The molecule has 0 fully saturated rings. The number of ether oxygens (including phenoxy) is 2. The Balaban J connectivity index is 2.19. The lowest BCUT2D eigenvalue weighted by Gasteiger charge is -2.13. The first-order valence-electron chi connectivity index (χ1n) is 7.45. The number of pyridine rings is 1. The highest BCUT2D eigenvalue weighted by Gasteiger charge is 2.31. The van der Waals surface area contributed by atoms with Crippen LogP contribution in [0.1, 0.15) is 30.9 Å². The van der Waals surface area contributed by atoms with Crippen LogP contribution in [0.4, 0.5) is 13.2 Å². The largest absolute Gasteiger partial charge is 0.493 e. The summed E-state index contributed by atoms with van der Waals surface area (Å²) in [5.41, 5.74) is -0.135. The minimum Gasteiger partial charge on any atom is -0.493 e. The van der Waals surface area contributed by atoms with E-state index in [-0.39, 0.29) is 10.9 Å². The maximum absolute atomic E-state index is 12.6.